The number of para-hydroxylation sites is 2. The standard InChI is InChI=1S/C28H38ClN3O4/c1-7-8-17-30-25(33)24(18-19(2)3)32(26(34)20-13-9-10-14-21(20)29)23-16-12-11-15-22(23)31-27(35)36-28(4,5)6/h9-16,19,24H,7-8,17-18H2,1-6H3,(H,30,33)(H,31,35). The van der Waals surface area contributed by atoms with Gasteiger partial charge in [-0.05, 0) is 63.8 Å². The Kier molecular flexibility index (Phi) is 10.8. The van der Waals surface area contributed by atoms with Gasteiger partial charge in [-0.2, -0.15) is 0 Å². The number of carbonyl (C=O) groups is 3. The summed E-state index contributed by atoms with van der Waals surface area (Å²) in [4.78, 5) is 41.5. The summed E-state index contributed by atoms with van der Waals surface area (Å²) < 4.78 is 5.42. The van der Waals surface area contributed by atoms with Crippen molar-refractivity contribution in [3.8, 4) is 0 Å². The summed E-state index contributed by atoms with van der Waals surface area (Å²) >= 11 is 6.40. The molecule has 0 radical (unpaired) electrons. The van der Waals surface area contributed by atoms with Crippen LogP contribution >= 0.6 is 11.6 Å². The van der Waals surface area contributed by atoms with Crippen LogP contribution in [0, 0.1) is 5.92 Å². The molecule has 0 fully saturated rings. The molecule has 2 aromatic rings. The largest absolute Gasteiger partial charge is 0.444 e. The van der Waals surface area contributed by atoms with E-state index in [1.54, 1.807) is 69.3 Å². The zero-order valence-electron chi connectivity index (χ0n) is 22.1. The summed E-state index contributed by atoms with van der Waals surface area (Å²) in [5.74, 6) is -0.584. The van der Waals surface area contributed by atoms with Crippen LogP contribution in [0.5, 0.6) is 0 Å². The number of ether oxygens (including phenoxy) is 1. The highest BCUT2D eigenvalue weighted by Gasteiger charge is 2.34. The minimum absolute atomic E-state index is 0.111. The Morgan fingerprint density at radius 1 is 1.03 bits per heavy atom. The lowest BCUT2D eigenvalue weighted by Gasteiger charge is -2.34. The summed E-state index contributed by atoms with van der Waals surface area (Å²) in [6.45, 7) is 11.9. The van der Waals surface area contributed by atoms with Gasteiger partial charge in [-0.25, -0.2) is 4.79 Å². The van der Waals surface area contributed by atoms with Crippen molar-refractivity contribution >= 4 is 40.9 Å². The lowest BCUT2D eigenvalue weighted by atomic mass is 9.99. The van der Waals surface area contributed by atoms with Gasteiger partial charge in [0.25, 0.3) is 5.91 Å². The van der Waals surface area contributed by atoms with Gasteiger partial charge in [0.05, 0.1) is 22.0 Å². The van der Waals surface area contributed by atoms with Gasteiger partial charge in [0.2, 0.25) is 5.91 Å². The Labute approximate surface area is 219 Å². The van der Waals surface area contributed by atoms with Crippen LogP contribution in [0.15, 0.2) is 48.5 Å². The van der Waals surface area contributed by atoms with Gasteiger partial charge in [0.15, 0.2) is 0 Å². The molecule has 0 aromatic heterocycles. The Morgan fingerprint density at radius 2 is 1.67 bits per heavy atom. The molecule has 0 saturated heterocycles. The van der Waals surface area contributed by atoms with Crippen molar-refractivity contribution in [2.45, 2.75) is 72.4 Å². The van der Waals surface area contributed by atoms with Gasteiger partial charge in [-0.15, -0.1) is 0 Å². The van der Waals surface area contributed by atoms with Gasteiger partial charge in [0, 0.05) is 6.54 Å². The smallest absolute Gasteiger partial charge is 0.412 e. The van der Waals surface area contributed by atoms with Crippen LogP contribution in [0.1, 0.15) is 71.2 Å². The molecule has 0 heterocycles. The van der Waals surface area contributed by atoms with E-state index in [2.05, 4.69) is 10.6 Å². The second-order valence-corrected chi connectivity index (χ2v) is 10.5. The maximum atomic E-state index is 14.0. The van der Waals surface area contributed by atoms with Crippen LogP contribution < -0.4 is 15.5 Å². The van der Waals surface area contributed by atoms with E-state index in [0.29, 0.717) is 24.3 Å². The molecule has 2 aromatic carbocycles. The van der Waals surface area contributed by atoms with E-state index in [4.69, 9.17) is 16.3 Å². The molecule has 1 unspecified atom stereocenters. The van der Waals surface area contributed by atoms with Crippen molar-refractivity contribution in [2.75, 3.05) is 16.8 Å². The van der Waals surface area contributed by atoms with E-state index in [1.807, 2.05) is 20.8 Å². The molecular weight excluding hydrogens is 478 g/mol. The maximum Gasteiger partial charge on any atom is 0.412 e. The fourth-order valence-corrected chi connectivity index (χ4v) is 3.89. The van der Waals surface area contributed by atoms with Crippen LogP contribution in [0.3, 0.4) is 0 Å². The van der Waals surface area contributed by atoms with Crippen LogP contribution in [-0.4, -0.2) is 36.1 Å². The predicted octanol–water partition coefficient (Wildman–Crippen LogP) is 6.66. The van der Waals surface area contributed by atoms with Gasteiger partial charge >= 0.3 is 6.09 Å². The number of nitrogens with one attached hydrogen (secondary N) is 2. The van der Waals surface area contributed by atoms with Crippen molar-refractivity contribution in [1.82, 2.24) is 5.32 Å². The molecule has 0 aliphatic heterocycles. The zero-order valence-corrected chi connectivity index (χ0v) is 22.8. The molecule has 8 heteroatoms. The fourth-order valence-electron chi connectivity index (χ4n) is 3.67. The van der Waals surface area contributed by atoms with Crippen molar-refractivity contribution < 1.29 is 19.1 Å². The number of nitrogens with zero attached hydrogens (tertiary/aromatic N) is 1. The summed E-state index contributed by atoms with van der Waals surface area (Å²) in [5.41, 5.74) is 0.291. The quantitative estimate of drug-likeness (QED) is 0.346. The highest BCUT2D eigenvalue weighted by Crippen LogP contribution is 2.32. The van der Waals surface area contributed by atoms with Crippen molar-refractivity contribution in [1.29, 1.82) is 0 Å². The molecule has 3 amide bonds. The molecule has 0 bridgehead atoms. The Balaban J connectivity index is 2.61. The summed E-state index contributed by atoms with van der Waals surface area (Å²) in [6, 6.07) is 12.8. The first-order valence-electron chi connectivity index (χ1n) is 12.4. The number of rotatable bonds is 10. The minimum Gasteiger partial charge on any atom is -0.444 e. The Bertz CT molecular complexity index is 1050. The minimum atomic E-state index is -0.827. The summed E-state index contributed by atoms with van der Waals surface area (Å²) in [5, 5.41) is 6.00. The van der Waals surface area contributed by atoms with Crippen molar-refractivity contribution in [3.05, 3.63) is 59.1 Å². The number of unbranched alkanes of at least 4 members (excludes halogenated alkanes) is 1. The first kappa shape index (κ1) is 29.2. The second-order valence-electron chi connectivity index (χ2n) is 10.1. The lowest BCUT2D eigenvalue weighted by molar-refractivity contribution is -0.122. The number of benzene rings is 2. The molecule has 7 nitrogen and oxygen atoms in total. The Morgan fingerprint density at radius 3 is 2.28 bits per heavy atom. The van der Waals surface area contributed by atoms with E-state index in [-0.39, 0.29) is 22.4 Å². The fraction of sp³-hybridized carbons (Fsp3) is 0.464. The highest BCUT2D eigenvalue weighted by atomic mass is 35.5. The topological polar surface area (TPSA) is 87.7 Å². The Hall–Kier alpha value is -3.06. The average molecular weight is 516 g/mol. The lowest BCUT2D eigenvalue weighted by Crippen LogP contribution is -2.51. The molecule has 0 aliphatic carbocycles. The normalized spacial score (nSPS) is 12.1. The molecule has 2 rings (SSSR count). The van der Waals surface area contributed by atoms with Crippen LogP contribution in [-0.2, 0) is 9.53 Å². The number of halogens is 1. The number of hydrogen-bond acceptors (Lipinski definition) is 4. The van der Waals surface area contributed by atoms with E-state index in [1.165, 1.54) is 4.90 Å². The third kappa shape index (κ3) is 8.55. The van der Waals surface area contributed by atoms with E-state index in [9.17, 15) is 14.4 Å². The van der Waals surface area contributed by atoms with Crippen LogP contribution in [0.25, 0.3) is 0 Å². The monoisotopic (exact) mass is 515 g/mol. The van der Waals surface area contributed by atoms with Crippen molar-refractivity contribution in [2.24, 2.45) is 5.92 Å². The summed E-state index contributed by atoms with van der Waals surface area (Å²) in [6.07, 6.45) is 1.51. The van der Waals surface area contributed by atoms with Crippen LogP contribution in [0.2, 0.25) is 5.02 Å². The number of amides is 3. The molecule has 0 aliphatic rings. The molecule has 1 atom stereocenters. The number of carbonyl (C=O) groups excluding carboxylic acids is 3. The van der Waals surface area contributed by atoms with E-state index in [0.717, 1.165) is 12.8 Å². The molecule has 2 N–H and O–H groups in total. The first-order valence-corrected chi connectivity index (χ1v) is 12.8. The van der Waals surface area contributed by atoms with Gasteiger partial charge in [-0.3, -0.25) is 19.8 Å². The first-order chi connectivity index (χ1) is 16.9. The number of hydrogen-bond donors (Lipinski definition) is 2. The molecular formula is C28H38ClN3O4. The highest BCUT2D eigenvalue weighted by molar-refractivity contribution is 6.34. The third-order valence-electron chi connectivity index (χ3n) is 5.26. The average Bonchev–Trinajstić information content (AvgIpc) is 2.78. The predicted molar refractivity (Wildman–Crippen MR) is 146 cm³/mol. The second kappa shape index (κ2) is 13.3. The van der Waals surface area contributed by atoms with Crippen LogP contribution in [0.4, 0.5) is 16.2 Å². The third-order valence-corrected chi connectivity index (χ3v) is 5.59. The number of anilines is 2. The van der Waals surface area contributed by atoms with E-state index < -0.39 is 23.6 Å². The van der Waals surface area contributed by atoms with Crippen molar-refractivity contribution in [3.63, 3.8) is 0 Å². The van der Waals surface area contributed by atoms with Gasteiger partial charge in [-0.1, -0.05) is 63.1 Å². The maximum absolute atomic E-state index is 14.0. The molecule has 0 spiro atoms. The SMILES string of the molecule is CCCCNC(=O)C(CC(C)C)N(C(=O)c1ccccc1Cl)c1ccccc1NC(=O)OC(C)(C)C. The van der Waals surface area contributed by atoms with Gasteiger partial charge in [0.1, 0.15) is 11.6 Å². The molecule has 36 heavy (non-hydrogen) atoms. The summed E-state index contributed by atoms with van der Waals surface area (Å²) in [7, 11) is 0. The molecule has 0 saturated carbocycles. The zero-order chi connectivity index (χ0) is 26.9. The van der Waals surface area contributed by atoms with E-state index >= 15 is 0 Å². The van der Waals surface area contributed by atoms with Gasteiger partial charge < -0.3 is 10.1 Å². The molecule has 196 valence electrons.